The number of hydrogen-bond donors (Lipinski definition) is 1. The van der Waals surface area contributed by atoms with E-state index in [9.17, 15) is 4.79 Å². The first-order valence-corrected chi connectivity index (χ1v) is 9.21. The molecule has 5 nitrogen and oxygen atoms in total. The molecule has 0 aromatic carbocycles. The van der Waals surface area contributed by atoms with E-state index in [4.69, 9.17) is 0 Å². The van der Waals surface area contributed by atoms with Gasteiger partial charge in [0.1, 0.15) is 6.04 Å². The molecule has 0 bridgehead atoms. The van der Waals surface area contributed by atoms with Gasteiger partial charge in [0.2, 0.25) is 5.91 Å². The highest BCUT2D eigenvalue weighted by Crippen LogP contribution is 2.32. The molecule has 2 aromatic heterocycles. The van der Waals surface area contributed by atoms with Crippen LogP contribution in [0.25, 0.3) is 0 Å². The van der Waals surface area contributed by atoms with Crippen LogP contribution in [0.5, 0.6) is 0 Å². The van der Waals surface area contributed by atoms with Crippen molar-refractivity contribution in [2.24, 2.45) is 5.92 Å². The molecule has 1 amide bonds. The molecule has 1 saturated carbocycles. The van der Waals surface area contributed by atoms with Crippen molar-refractivity contribution in [3.63, 3.8) is 0 Å². The van der Waals surface area contributed by atoms with Crippen molar-refractivity contribution in [1.29, 1.82) is 0 Å². The molecule has 2 aliphatic rings. The number of rotatable bonds is 6. The van der Waals surface area contributed by atoms with Crippen LogP contribution in [0.2, 0.25) is 0 Å². The zero-order chi connectivity index (χ0) is 15.6. The average Bonchev–Trinajstić information content (AvgIpc) is 3.03. The van der Waals surface area contributed by atoms with Crippen LogP contribution in [-0.2, 0) is 17.8 Å². The smallest absolute Gasteiger partial charge is 0.244 e. The van der Waals surface area contributed by atoms with E-state index in [1.807, 2.05) is 10.8 Å². The molecule has 2 aromatic rings. The average molecular weight is 330 g/mol. The van der Waals surface area contributed by atoms with Crippen LogP contribution in [-0.4, -0.2) is 40.0 Å². The van der Waals surface area contributed by atoms with Crippen molar-refractivity contribution in [1.82, 2.24) is 19.8 Å². The van der Waals surface area contributed by atoms with Gasteiger partial charge in [-0.15, -0.1) is 11.3 Å². The molecule has 0 unspecified atom stereocenters. The maximum atomic E-state index is 12.7. The van der Waals surface area contributed by atoms with Crippen LogP contribution in [0.4, 0.5) is 0 Å². The van der Waals surface area contributed by atoms with E-state index in [2.05, 4.69) is 32.7 Å². The van der Waals surface area contributed by atoms with Gasteiger partial charge in [-0.05, 0) is 36.6 Å². The first-order valence-electron chi connectivity index (χ1n) is 8.33. The van der Waals surface area contributed by atoms with Crippen LogP contribution in [0.1, 0.15) is 29.5 Å². The quantitative estimate of drug-likeness (QED) is 0.882. The maximum Gasteiger partial charge on any atom is 0.244 e. The monoisotopic (exact) mass is 330 g/mol. The standard InChI is InChI=1S/C17H22N4OS/c22-17(19-6-5-15-2-1-7-23-15)16-11-20(9-13-3-4-13)10-14-8-18-12-21(14)16/h1-2,7-8,12-13,16H,3-6,9-11H2,(H,19,22)/t16-/m1/s1. The lowest BCUT2D eigenvalue weighted by Gasteiger charge is -2.33. The minimum atomic E-state index is -0.150. The topological polar surface area (TPSA) is 50.2 Å². The maximum absolute atomic E-state index is 12.7. The van der Waals surface area contributed by atoms with Crippen LogP contribution < -0.4 is 5.32 Å². The van der Waals surface area contributed by atoms with Gasteiger partial charge in [-0.25, -0.2) is 4.98 Å². The molecule has 1 aliphatic heterocycles. The van der Waals surface area contributed by atoms with Crippen molar-refractivity contribution in [3.8, 4) is 0 Å². The number of amides is 1. The van der Waals surface area contributed by atoms with Gasteiger partial charge in [0.05, 0.1) is 12.0 Å². The van der Waals surface area contributed by atoms with E-state index in [-0.39, 0.29) is 11.9 Å². The molecular weight excluding hydrogens is 308 g/mol. The molecule has 1 fully saturated rings. The van der Waals surface area contributed by atoms with Crippen molar-refractivity contribution in [2.75, 3.05) is 19.6 Å². The SMILES string of the molecule is O=C(NCCc1cccs1)[C@H]1CN(CC2CC2)Cc2cncn21. The van der Waals surface area contributed by atoms with E-state index >= 15 is 0 Å². The molecule has 0 spiro atoms. The number of hydrogen-bond acceptors (Lipinski definition) is 4. The molecule has 23 heavy (non-hydrogen) atoms. The highest BCUT2D eigenvalue weighted by molar-refractivity contribution is 7.09. The Labute approximate surface area is 140 Å². The van der Waals surface area contributed by atoms with Gasteiger partial charge in [-0.2, -0.15) is 0 Å². The summed E-state index contributed by atoms with van der Waals surface area (Å²) in [5.74, 6) is 0.952. The number of aromatic nitrogens is 2. The fourth-order valence-electron chi connectivity index (χ4n) is 3.26. The lowest BCUT2D eigenvalue weighted by Crippen LogP contribution is -2.45. The number of imidazole rings is 1. The van der Waals surface area contributed by atoms with Gasteiger partial charge < -0.3 is 9.88 Å². The normalized spacial score (nSPS) is 21.1. The largest absolute Gasteiger partial charge is 0.354 e. The summed E-state index contributed by atoms with van der Waals surface area (Å²) in [5.41, 5.74) is 1.15. The zero-order valence-electron chi connectivity index (χ0n) is 13.1. The van der Waals surface area contributed by atoms with E-state index < -0.39 is 0 Å². The summed E-state index contributed by atoms with van der Waals surface area (Å²) in [4.78, 5) is 20.6. The summed E-state index contributed by atoms with van der Waals surface area (Å²) in [7, 11) is 0. The third-order valence-electron chi connectivity index (χ3n) is 4.67. The summed E-state index contributed by atoms with van der Waals surface area (Å²) in [6.45, 7) is 3.52. The first kappa shape index (κ1) is 14.9. The summed E-state index contributed by atoms with van der Waals surface area (Å²) >= 11 is 1.74. The Hall–Kier alpha value is -1.66. The van der Waals surface area contributed by atoms with E-state index in [1.165, 1.54) is 17.7 Å². The Balaban J connectivity index is 1.38. The number of nitrogens with one attached hydrogen (secondary N) is 1. The van der Waals surface area contributed by atoms with Gasteiger partial charge in [0.25, 0.3) is 0 Å². The van der Waals surface area contributed by atoms with Crippen molar-refractivity contribution < 1.29 is 4.79 Å². The minimum Gasteiger partial charge on any atom is -0.354 e. The molecule has 6 heteroatoms. The van der Waals surface area contributed by atoms with Crippen molar-refractivity contribution in [2.45, 2.75) is 31.8 Å². The molecule has 1 N–H and O–H groups in total. The lowest BCUT2D eigenvalue weighted by molar-refractivity contribution is -0.125. The van der Waals surface area contributed by atoms with Gasteiger partial charge in [0, 0.05) is 37.3 Å². The van der Waals surface area contributed by atoms with E-state index in [1.54, 1.807) is 17.7 Å². The van der Waals surface area contributed by atoms with Gasteiger partial charge in [-0.3, -0.25) is 9.69 Å². The molecule has 1 aliphatic carbocycles. The third-order valence-corrected chi connectivity index (χ3v) is 5.60. The molecule has 1 atom stereocenters. The minimum absolute atomic E-state index is 0.112. The Morgan fingerprint density at radius 3 is 3.13 bits per heavy atom. The van der Waals surface area contributed by atoms with Crippen LogP contribution in [0.15, 0.2) is 30.0 Å². The molecule has 4 rings (SSSR count). The fraction of sp³-hybridized carbons (Fsp3) is 0.529. The Morgan fingerprint density at radius 1 is 1.43 bits per heavy atom. The Bertz CT molecular complexity index is 662. The zero-order valence-corrected chi connectivity index (χ0v) is 14.0. The number of carbonyl (C=O) groups is 1. The molecule has 3 heterocycles. The summed E-state index contributed by atoms with van der Waals surface area (Å²) in [6, 6.07) is 4.02. The molecular formula is C17H22N4OS. The number of nitrogens with zero attached hydrogens (tertiary/aromatic N) is 3. The predicted molar refractivity (Wildman–Crippen MR) is 90.3 cm³/mol. The summed E-state index contributed by atoms with van der Waals surface area (Å²) < 4.78 is 2.05. The van der Waals surface area contributed by atoms with Crippen LogP contribution >= 0.6 is 11.3 Å². The fourth-order valence-corrected chi connectivity index (χ4v) is 3.97. The van der Waals surface area contributed by atoms with Gasteiger partial charge in [-0.1, -0.05) is 6.07 Å². The highest BCUT2D eigenvalue weighted by atomic mass is 32.1. The number of thiophene rings is 1. The summed E-state index contributed by atoms with van der Waals surface area (Å²) in [5, 5.41) is 5.18. The van der Waals surface area contributed by atoms with Gasteiger partial charge in [0.15, 0.2) is 0 Å². The van der Waals surface area contributed by atoms with Crippen LogP contribution in [0.3, 0.4) is 0 Å². The Kier molecular flexibility index (Phi) is 4.18. The van der Waals surface area contributed by atoms with E-state index in [0.717, 1.165) is 37.7 Å². The van der Waals surface area contributed by atoms with Crippen molar-refractivity contribution >= 4 is 17.2 Å². The van der Waals surface area contributed by atoms with E-state index in [0.29, 0.717) is 6.54 Å². The second kappa shape index (κ2) is 6.45. The van der Waals surface area contributed by atoms with Gasteiger partial charge >= 0.3 is 0 Å². The molecule has 0 saturated heterocycles. The number of fused-ring (bicyclic) bond motifs is 1. The first-order chi connectivity index (χ1) is 11.3. The predicted octanol–water partition coefficient (Wildman–Crippen LogP) is 2.07. The van der Waals surface area contributed by atoms with Crippen molar-refractivity contribution in [3.05, 3.63) is 40.6 Å². The second-order valence-electron chi connectivity index (χ2n) is 6.57. The highest BCUT2D eigenvalue weighted by Gasteiger charge is 2.33. The molecule has 0 radical (unpaired) electrons. The Morgan fingerprint density at radius 2 is 2.35 bits per heavy atom. The molecule has 122 valence electrons. The second-order valence-corrected chi connectivity index (χ2v) is 7.60. The lowest BCUT2D eigenvalue weighted by atomic mass is 10.1. The summed E-state index contributed by atoms with van der Waals surface area (Å²) in [6.07, 6.45) is 7.28. The van der Waals surface area contributed by atoms with Crippen LogP contribution in [0, 0.1) is 5.92 Å². The third kappa shape index (κ3) is 3.48. The number of carbonyl (C=O) groups excluding carboxylic acids is 1.